The molecule has 2 saturated carbocycles. The predicted octanol–water partition coefficient (Wildman–Crippen LogP) is 4.10. The van der Waals surface area contributed by atoms with E-state index in [2.05, 4.69) is 20.9 Å². The van der Waals surface area contributed by atoms with Crippen LogP contribution in [0.15, 0.2) is 42.6 Å². The Labute approximate surface area is 392 Å². The van der Waals surface area contributed by atoms with Crippen molar-refractivity contribution in [1.82, 2.24) is 30.5 Å². The molecule has 2 heterocycles. The van der Waals surface area contributed by atoms with E-state index in [0.717, 1.165) is 49.3 Å². The lowest BCUT2D eigenvalue weighted by Gasteiger charge is -2.38. The molecule has 0 radical (unpaired) electrons. The molecule has 0 spiro atoms. The molecule has 2 aliphatic carbocycles. The van der Waals surface area contributed by atoms with Gasteiger partial charge in [0.25, 0.3) is 11.8 Å². The average Bonchev–Trinajstić information content (AvgIpc) is 4.01. The second-order valence-corrected chi connectivity index (χ2v) is 18.7. The smallest absolute Gasteiger partial charge is 0.287 e. The average molecular weight is 932 g/mol. The standard InChI is InChI=1S/C49H69N7O11/c1-48(2,63)42-31-51-54-56(42)38-30-40(46(61)53-49(43(58)44(50)59)18-8-5-9-19-49)55(32-38)47(62)39(27-33-11-6-4-7-12-33)52-45(60)37-17-15-34-28-36(16-14-35(34)29-37)41(57)13-10-20-65-23-24-67-26-25-66-22-21-64-3/h14-17,28-29,31,33,38-40,63H,4-13,18-27,30,32H2,1-3H3,(H2,50,59)(H,52,60)(H,53,61)/t38-,39+,40-/m0/s1. The van der Waals surface area contributed by atoms with Crippen molar-refractivity contribution in [3.8, 4) is 0 Å². The minimum atomic E-state index is -1.49. The van der Waals surface area contributed by atoms with E-state index in [9.17, 15) is 29.1 Å². The largest absolute Gasteiger partial charge is 0.384 e. The van der Waals surface area contributed by atoms with Gasteiger partial charge in [0.2, 0.25) is 17.6 Å². The maximum absolute atomic E-state index is 15.1. The van der Waals surface area contributed by atoms with E-state index in [-0.39, 0.29) is 37.5 Å². The fraction of sp³-hybridized carbons (Fsp3) is 0.633. The Balaban J connectivity index is 1.15. The van der Waals surface area contributed by atoms with Crippen molar-refractivity contribution >= 4 is 46.0 Å². The van der Waals surface area contributed by atoms with Crippen LogP contribution in [0.25, 0.3) is 10.8 Å². The highest BCUT2D eigenvalue weighted by atomic mass is 16.6. The molecule has 18 nitrogen and oxygen atoms in total. The molecule has 6 rings (SSSR count). The van der Waals surface area contributed by atoms with Crippen molar-refractivity contribution in [3.05, 3.63) is 59.4 Å². The second kappa shape index (κ2) is 24.2. The number of rotatable bonds is 25. The van der Waals surface area contributed by atoms with Crippen molar-refractivity contribution < 1.29 is 52.8 Å². The van der Waals surface area contributed by atoms with Gasteiger partial charge < -0.3 is 45.3 Å². The highest BCUT2D eigenvalue weighted by Gasteiger charge is 2.49. The summed E-state index contributed by atoms with van der Waals surface area (Å²) in [6, 6.07) is 7.81. The van der Waals surface area contributed by atoms with Gasteiger partial charge in [0.1, 0.15) is 23.2 Å². The third-order valence-corrected chi connectivity index (χ3v) is 13.3. The first kappa shape index (κ1) is 51.3. The SMILES string of the molecule is COCCOCCOCCOCCCC(=O)c1ccc2cc(C(=O)N[C@H](CC3CCCCC3)C(=O)N3C[C@@H](n4nncc4C(C)(C)O)C[C@H]3C(=O)NC3(C(=O)C(N)=O)CCCCC3)ccc2c1. The summed E-state index contributed by atoms with van der Waals surface area (Å²) in [6.45, 7) is 6.48. The van der Waals surface area contributed by atoms with E-state index >= 15 is 4.79 Å². The molecule has 1 aliphatic heterocycles. The van der Waals surface area contributed by atoms with Gasteiger partial charge in [-0.05, 0) is 74.4 Å². The lowest BCUT2D eigenvalue weighted by atomic mass is 9.78. The molecule has 0 bridgehead atoms. The first-order valence-electron chi connectivity index (χ1n) is 23.9. The fourth-order valence-corrected chi connectivity index (χ4v) is 9.70. The Hall–Kier alpha value is -5.14. The molecule has 3 atom stereocenters. The number of nitrogens with two attached hydrogens (primary N) is 1. The molecule has 366 valence electrons. The van der Waals surface area contributed by atoms with Crippen LogP contribution >= 0.6 is 0 Å². The number of fused-ring (bicyclic) bond motifs is 1. The van der Waals surface area contributed by atoms with Gasteiger partial charge in [-0.25, -0.2) is 4.68 Å². The van der Waals surface area contributed by atoms with Gasteiger partial charge in [0.05, 0.1) is 57.6 Å². The molecular weight excluding hydrogens is 863 g/mol. The molecule has 3 aliphatic rings. The zero-order valence-electron chi connectivity index (χ0n) is 39.3. The van der Waals surface area contributed by atoms with Crippen molar-refractivity contribution in [2.24, 2.45) is 11.7 Å². The number of hydrogen-bond donors (Lipinski definition) is 4. The normalized spacial score (nSPS) is 19.3. The second-order valence-electron chi connectivity index (χ2n) is 18.7. The quantitative estimate of drug-likeness (QED) is 0.0532. The maximum Gasteiger partial charge on any atom is 0.287 e. The van der Waals surface area contributed by atoms with Crippen LogP contribution in [0.3, 0.4) is 0 Å². The van der Waals surface area contributed by atoms with Gasteiger partial charge in [-0.1, -0.05) is 74.8 Å². The summed E-state index contributed by atoms with van der Waals surface area (Å²) in [6.07, 6.45) is 10.1. The summed E-state index contributed by atoms with van der Waals surface area (Å²) in [4.78, 5) is 84.0. The molecule has 1 aromatic heterocycles. The number of primary amides is 1. The number of Topliss-reactive ketones (excluding diaryl/α,β-unsaturated/α-hetero) is 2. The number of ketones is 2. The Kier molecular flexibility index (Phi) is 18.5. The third kappa shape index (κ3) is 13.7. The number of nitrogens with one attached hydrogen (secondary N) is 2. The van der Waals surface area contributed by atoms with Crippen LogP contribution in [0, 0.1) is 5.92 Å². The van der Waals surface area contributed by atoms with Gasteiger partial charge in [-0.2, -0.15) is 0 Å². The summed E-state index contributed by atoms with van der Waals surface area (Å²) in [7, 11) is 1.62. The monoisotopic (exact) mass is 932 g/mol. The molecule has 67 heavy (non-hydrogen) atoms. The lowest BCUT2D eigenvalue weighted by molar-refractivity contribution is -0.145. The number of amides is 4. The van der Waals surface area contributed by atoms with Crippen LogP contribution in [0.1, 0.15) is 136 Å². The van der Waals surface area contributed by atoms with Crippen molar-refractivity contribution in [2.75, 3.05) is 59.9 Å². The van der Waals surface area contributed by atoms with Crippen LogP contribution in [-0.4, -0.2) is 138 Å². The van der Waals surface area contributed by atoms with Gasteiger partial charge in [0.15, 0.2) is 5.78 Å². The van der Waals surface area contributed by atoms with E-state index in [1.54, 1.807) is 57.4 Å². The summed E-state index contributed by atoms with van der Waals surface area (Å²) in [5.74, 6) is -3.43. The van der Waals surface area contributed by atoms with Gasteiger partial charge in [-0.15, -0.1) is 5.10 Å². The molecule has 3 fully saturated rings. The topological polar surface area (TPSA) is 244 Å². The molecule has 3 aromatic rings. The molecular formula is C49H69N7O11. The van der Waals surface area contributed by atoms with E-state index in [0.29, 0.717) is 95.2 Å². The van der Waals surface area contributed by atoms with Crippen LogP contribution in [-0.2, 0) is 43.7 Å². The maximum atomic E-state index is 15.1. The third-order valence-electron chi connectivity index (χ3n) is 13.3. The molecule has 0 unspecified atom stereocenters. The lowest BCUT2D eigenvalue weighted by Crippen LogP contribution is -2.62. The zero-order valence-corrected chi connectivity index (χ0v) is 39.3. The number of benzene rings is 2. The number of aliphatic hydroxyl groups is 1. The molecule has 4 amide bonds. The summed E-state index contributed by atoms with van der Waals surface area (Å²) < 4.78 is 22.9. The number of ether oxygens (including phenoxy) is 4. The minimum Gasteiger partial charge on any atom is -0.384 e. The van der Waals surface area contributed by atoms with Gasteiger partial charge in [0, 0.05) is 44.2 Å². The fourth-order valence-electron chi connectivity index (χ4n) is 9.70. The van der Waals surface area contributed by atoms with Gasteiger partial charge in [-0.3, -0.25) is 28.8 Å². The number of carbonyl (C=O) groups excluding carboxylic acids is 6. The first-order chi connectivity index (χ1) is 32.2. The molecule has 2 aromatic carbocycles. The molecule has 18 heteroatoms. The number of nitrogens with zero attached hydrogens (tertiary/aromatic N) is 4. The van der Waals surface area contributed by atoms with Crippen LogP contribution in [0.5, 0.6) is 0 Å². The van der Waals surface area contributed by atoms with Crippen molar-refractivity contribution in [3.63, 3.8) is 0 Å². The minimum absolute atomic E-state index is 0.00267. The summed E-state index contributed by atoms with van der Waals surface area (Å²) in [5, 5.41) is 26.7. The summed E-state index contributed by atoms with van der Waals surface area (Å²) in [5.41, 5.74) is 3.93. The summed E-state index contributed by atoms with van der Waals surface area (Å²) >= 11 is 0. The van der Waals surface area contributed by atoms with Gasteiger partial charge >= 0.3 is 0 Å². The zero-order chi connectivity index (χ0) is 48.0. The first-order valence-corrected chi connectivity index (χ1v) is 23.9. The van der Waals surface area contributed by atoms with E-state index < -0.39 is 58.7 Å². The van der Waals surface area contributed by atoms with E-state index in [4.69, 9.17) is 24.7 Å². The number of methoxy groups -OCH3 is 1. The Bertz CT molecular complexity index is 2180. The number of hydrogen-bond acceptors (Lipinski definition) is 13. The van der Waals surface area contributed by atoms with Crippen molar-refractivity contribution in [2.45, 2.75) is 133 Å². The number of likely N-dealkylation sites (tertiary alicyclic amines) is 1. The highest BCUT2D eigenvalue weighted by molar-refractivity contribution is 6.39. The van der Waals surface area contributed by atoms with E-state index in [1.807, 2.05) is 0 Å². The number of carbonyl (C=O) groups is 6. The number of aromatic nitrogens is 3. The van der Waals surface area contributed by atoms with Crippen LogP contribution < -0.4 is 16.4 Å². The van der Waals surface area contributed by atoms with Crippen molar-refractivity contribution in [1.29, 1.82) is 0 Å². The van der Waals surface area contributed by atoms with E-state index in [1.165, 1.54) is 15.8 Å². The van der Waals surface area contributed by atoms with Crippen LogP contribution in [0.4, 0.5) is 0 Å². The molecule has 5 N–H and O–H groups in total. The Morgan fingerprint density at radius 1 is 0.851 bits per heavy atom. The Morgan fingerprint density at radius 2 is 1.46 bits per heavy atom. The van der Waals surface area contributed by atoms with Crippen LogP contribution in [0.2, 0.25) is 0 Å². The highest BCUT2D eigenvalue weighted by Crippen LogP contribution is 2.35. The predicted molar refractivity (Wildman–Crippen MR) is 247 cm³/mol. The molecule has 1 saturated heterocycles. The Morgan fingerprint density at radius 3 is 2.10 bits per heavy atom.